The minimum absolute atomic E-state index is 0.0430. The number of nitrogens with one attached hydrogen (secondary N) is 1. The molecule has 1 aromatic heterocycles. The van der Waals surface area contributed by atoms with Crippen molar-refractivity contribution in [2.45, 2.75) is 19.4 Å². The number of anilines is 2. The van der Waals surface area contributed by atoms with Crippen LogP contribution in [0.1, 0.15) is 18.6 Å². The van der Waals surface area contributed by atoms with E-state index in [0.29, 0.717) is 25.2 Å². The van der Waals surface area contributed by atoms with Crippen LogP contribution in [0.25, 0.3) is 0 Å². The molecule has 1 aromatic carbocycles. The second-order valence-electron chi connectivity index (χ2n) is 7.35. The number of carbonyl (C=O) groups is 2. The fourth-order valence-electron chi connectivity index (χ4n) is 3.84. The average Bonchev–Trinajstić information content (AvgIpc) is 3.35. The van der Waals surface area contributed by atoms with Gasteiger partial charge in [0.2, 0.25) is 11.8 Å². The zero-order chi connectivity index (χ0) is 19.3. The first-order valence-corrected chi connectivity index (χ1v) is 9.85. The third kappa shape index (κ3) is 4.43. The van der Waals surface area contributed by atoms with E-state index in [2.05, 4.69) is 15.1 Å². The number of furan rings is 1. The molecule has 2 saturated heterocycles. The van der Waals surface area contributed by atoms with Crippen LogP contribution in [0.4, 0.5) is 11.4 Å². The van der Waals surface area contributed by atoms with Crippen LogP contribution in [0.3, 0.4) is 0 Å². The predicted octanol–water partition coefficient (Wildman–Crippen LogP) is 2.16. The van der Waals surface area contributed by atoms with Gasteiger partial charge in [0, 0.05) is 39.1 Å². The summed E-state index contributed by atoms with van der Waals surface area (Å²) in [5.74, 6) is 1.05. The number of hydrogen-bond donors (Lipinski definition) is 1. The third-order valence-electron chi connectivity index (χ3n) is 5.33. The molecule has 148 valence electrons. The normalized spacial score (nSPS) is 18.6. The minimum atomic E-state index is -0.0430. The lowest BCUT2D eigenvalue weighted by Gasteiger charge is -2.33. The second kappa shape index (κ2) is 8.58. The molecule has 7 heteroatoms. The average molecular weight is 382 g/mol. The van der Waals surface area contributed by atoms with Crippen LogP contribution in [0.15, 0.2) is 47.1 Å². The van der Waals surface area contributed by atoms with Crippen molar-refractivity contribution in [1.29, 1.82) is 0 Å². The highest BCUT2D eigenvalue weighted by molar-refractivity contribution is 6.02. The zero-order valence-electron chi connectivity index (χ0n) is 16.0. The topological polar surface area (TPSA) is 69.0 Å². The van der Waals surface area contributed by atoms with E-state index in [9.17, 15) is 9.59 Å². The molecule has 0 bridgehead atoms. The van der Waals surface area contributed by atoms with Crippen LogP contribution in [0.2, 0.25) is 0 Å². The maximum Gasteiger partial charge on any atom is 0.238 e. The van der Waals surface area contributed by atoms with Crippen molar-refractivity contribution in [3.63, 3.8) is 0 Å². The van der Waals surface area contributed by atoms with Gasteiger partial charge >= 0.3 is 0 Å². The van der Waals surface area contributed by atoms with E-state index in [4.69, 9.17) is 4.42 Å². The van der Waals surface area contributed by atoms with Gasteiger partial charge in [-0.25, -0.2) is 0 Å². The largest absolute Gasteiger partial charge is 0.468 e. The van der Waals surface area contributed by atoms with Crippen molar-refractivity contribution in [1.82, 2.24) is 9.80 Å². The van der Waals surface area contributed by atoms with Crippen LogP contribution in [0.5, 0.6) is 0 Å². The highest BCUT2D eigenvalue weighted by Crippen LogP contribution is 2.29. The number of rotatable bonds is 6. The molecule has 2 aliphatic rings. The number of para-hydroxylation sites is 2. The van der Waals surface area contributed by atoms with E-state index in [-0.39, 0.29) is 11.8 Å². The maximum absolute atomic E-state index is 12.6. The Morgan fingerprint density at radius 2 is 1.79 bits per heavy atom. The van der Waals surface area contributed by atoms with Gasteiger partial charge in [0.1, 0.15) is 5.76 Å². The summed E-state index contributed by atoms with van der Waals surface area (Å²) in [4.78, 5) is 30.9. The van der Waals surface area contributed by atoms with Gasteiger partial charge in [0.05, 0.1) is 30.7 Å². The summed E-state index contributed by atoms with van der Waals surface area (Å²) in [5, 5.41) is 3.00. The molecule has 0 aliphatic carbocycles. The van der Waals surface area contributed by atoms with Gasteiger partial charge in [-0.05, 0) is 30.7 Å². The van der Waals surface area contributed by atoms with E-state index in [1.54, 1.807) is 11.2 Å². The Bertz CT molecular complexity index is 813. The van der Waals surface area contributed by atoms with Gasteiger partial charge < -0.3 is 14.6 Å². The first kappa shape index (κ1) is 18.7. The van der Waals surface area contributed by atoms with Gasteiger partial charge in [0.15, 0.2) is 0 Å². The molecule has 28 heavy (non-hydrogen) atoms. The third-order valence-corrected chi connectivity index (χ3v) is 5.33. The number of carbonyl (C=O) groups excluding carboxylic acids is 2. The summed E-state index contributed by atoms with van der Waals surface area (Å²) in [6, 6.07) is 11.4. The summed E-state index contributed by atoms with van der Waals surface area (Å²) in [5.41, 5.74) is 1.50. The van der Waals surface area contributed by atoms with Crippen molar-refractivity contribution in [3.8, 4) is 0 Å². The Labute approximate surface area is 164 Å². The molecule has 2 fully saturated rings. The fourth-order valence-corrected chi connectivity index (χ4v) is 3.84. The molecule has 1 N–H and O–H groups in total. The molecule has 0 spiro atoms. The summed E-state index contributed by atoms with van der Waals surface area (Å²) < 4.78 is 5.41. The number of amides is 2. The standard InChI is InChI=1S/C21H26N4O3/c26-20(16-24-12-10-23(11-13-24)15-17-5-4-14-28-17)22-18-6-1-2-7-19(18)25-9-3-8-21(25)27/h1-2,4-7,14H,3,8-13,15-16H2,(H,22,26). The number of benzene rings is 1. The summed E-state index contributed by atoms with van der Waals surface area (Å²) >= 11 is 0. The molecule has 0 saturated carbocycles. The molecule has 2 amide bonds. The Morgan fingerprint density at radius 1 is 1.00 bits per heavy atom. The molecule has 0 atom stereocenters. The molecule has 3 heterocycles. The molecule has 0 unspecified atom stereocenters. The number of nitrogens with zero attached hydrogens (tertiary/aromatic N) is 3. The predicted molar refractivity (Wildman–Crippen MR) is 107 cm³/mol. The highest BCUT2D eigenvalue weighted by Gasteiger charge is 2.25. The quantitative estimate of drug-likeness (QED) is 0.829. The Hall–Kier alpha value is -2.64. The maximum atomic E-state index is 12.6. The molecular formula is C21H26N4O3. The smallest absolute Gasteiger partial charge is 0.238 e. The monoisotopic (exact) mass is 382 g/mol. The molecular weight excluding hydrogens is 356 g/mol. The van der Waals surface area contributed by atoms with Crippen LogP contribution in [-0.4, -0.2) is 60.9 Å². The van der Waals surface area contributed by atoms with E-state index in [1.165, 1.54) is 0 Å². The second-order valence-corrected chi connectivity index (χ2v) is 7.35. The SMILES string of the molecule is O=C(CN1CCN(Cc2ccco2)CC1)Nc1ccccc1N1CCCC1=O. The summed E-state index contributed by atoms with van der Waals surface area (Å²) in [6.45, 7) is 5.39. The van der Waals surface area contributed by atoms with Crippen molar-refractivity contribution in [3.05, 3.63) is 48.4 Å². The van der Waals surface area contributed by atoms with Gasteiger partial charge in [-0.15, -0.1) is 0 Å². The van der Waals surface area contributed by atoms with Crippen molar-refractivity contribution in [2.75, 3.05) is 49.5 Å². The van der Waals surface area contributed by atoms with Gasteiger partial charge in [-0.3, -0.25) is 19.4 Å². The van der Waals surface area contributed by atoms with Crippen molar-refractivity contribution < 1.29 is 14.0 Å². The number of hydrogen-bond acceptors (Lipinski definition) is 5. The van der Waals surface area contributed by atoms with Gasteiger partial charge in [-0.1, -0.05) is 12.1 Å². The van der Waals surface area contributed by atoms with E-state index in [0.717, 1.165) is 50.6 Å². The lowest BCUT2D eigenvalue weighted by Crippen LogP contribution is -2.48. The van der Waals surface area contributed by atoms with Crippen molar-refractivity contribution >= 4 is 23.2 Å². The molecule has 4 rings (SSSR count). The highest BCUT2D eigenvalue weighted by atomic mass is 16.3. The van der Waals surface area contributed by atoms with E-state index in [1.807, 2.05) is 36.4 Å². The van der Waals surface area contributed by atoms with Gasteiger partial charge in [0.25, 0.3) is 0 Å². The fraction of sp³-hybridized carbons (Fsp3) is 0.429. The number of piperazine rings is 1. The van der Waals surface area contributed by atoms with Crippen LogP contribution in [-0.2, 0) is 16.1 Å². The molecule has 0 radical (unpaired) electrons. The lowest BCUT2D eigenvalue weighted by molar-refractivity contribution is -0.118. The van der Waals surface area contributed by atoms with Crippen LogP contribution >= 0.6 is 0 Å². The van der Waals surface area contributed by atoms with Crippen LogP contribution in [0, 0.1) is 0 Å². The van der Waals surface area contributed by atoms with E-state index < -0.39 is 0 Å². The molecule has 2 aromatic rings. The van der Waals surface area contributed by atoms with Crippen LogP contribution < -0.4 is 10.2 Å². The Kier molecular flexibility index (Phi) is 5.73. The van der Waals surface area contributed by atoms with Crippen molar-refractivity contribution in [2.24, 2.45) is 0 Å². The molecule has 2 aliphatic heterocycles. The zero-order valence-corrected chi connectivity index (χ0v) is 16.0. The van der Waals surface area contributed by atoms with E-state index >= 15 is 0 Å². The first-order chi connectivity index (χ1) is 13.7. The van der Waals surface area contributed by atoms with Gasteiger partial charge in [-0.2, -0.15) is 0 Å². The molecule has 7 nitrogen and oxygen atoms in total. The first-order valence-electron chi connectivity index (χ1n) is 9.85. The minimum Gasteiger partial charge on any atom is -0.468 e. The lowest BCUT2D eigenvalue weighted by atomic mass is 10.2. The Morgan fingerprint density at radius 3 is 2.50 bits per heavy atom. The summed E-state index contributed by atoms with van der Waals surface area (Å²) in [6.07, 6.45) is 3.14. The Balaban J connectivity index is 1.29. The summed E-state index contributed by atoms with van der Waals surface area (Å²) in [7, 11) is 0.